The average Bonchev–Trinajstić information content (AvgIpc) is 3.73. The van der Waals surface area contributed by atoms with Crippen LogP contribution in [0.4, 0.5) is 10.5 Å². The molecule has 1 saturated heterocycles. The van der Waals surface area contributed by atoms with Crippen molar-refractivity contribution in [3.63, 3.8) is 0 Å². The highest BCUT2D eigenvalue weighted by atomic mass is 32.1. The van der Waals surface area contributed by atoms with Crippen LogP contribution in [0.1, 0.15) is 106 Å². The third-order valence-electron chi connectivity index (χ3n) is 11.6. The number of ether oxygens (including phenoxy) is 1. The molecule has 0 saturated carbocycles. The number of alkyl carbamates (subject to hydrolysis) is 1. The van der Waals surface area contributed by atoms with Crippen LogP contribution >= 0.6 is 11.3 Å². The number of nitrogens with zero attached hydrogens (tertiary/aromatic N) is 3. The van der Waals surface area contributed by atoms with Crippen LogP contribution in [0.15, 0.2) is 60.0 Å². The molecule has 1 aromatic heterocycles. The van der Waals surface area contributed by atoms with Gasteiger partial charge < -0.3 is 36.4 Å². The largest absolute Gasteiger partial charge is 0.481 e. The number of hydrogen-bond acceptors (Lipinski definition) is 10. The lowest BCUT2D eigenvalue weighted by atomic mass is 9.91. The van der Waals surface area contributed by atoms with E-state index in [1.54, 1.807) is 12.3 Å². The number of aromatic nitrogens is 1. The summed E-state index contributed by atoms with van der Waals surface area (Å²) in [6.07, 6.45) is 3.00. The second-order valence-electron chi connectivity index (χ2n) is 16.5. The van der Waals surface area contributed by atoms with Gasteiger partial charge in [0.25, 0.3) is 5.91 Å². The third-order valence-corrected chi connectivity index (χ3v) is 12.5. The standard InChI is InChI=1S/C45H65N7O7S/c1-8-29(4)39(50-41(54)36-16-12-13-22-51(36)7)43(55)52(23-21-31-17-19-33(46)20-18-31)37(28(2)3)26-38(59-45(58)47-6)42-49-35(27-60-42)40(53)48-34(24-30(5)44(56)57)25-32-14-10-9-11-15-32/h9-11,14-15,17-20,27-30,34,36-39H,8,12-13,16,21-26,46H2,1-7H3,(H,47,58)(H,48,53)(H,50,54)(H,56,57)/t29-,30?,34+,36+,37+,38+,39-/m0/s1. The van der Waals surface area contributed by atoms with E-state index >= 15 is 4.79 Å². The van der Waals surface area contributed by atoms with Gasteiger partial charge in [-0.1, -0.05) is 89.9 Å². The van der Waals surface area contributed by atoms with E-state index in [-0.39, 0.29) is 48.2 Å². The highest BCUT2D eigenvalue weighted by Gasteiger charge is 2.39. The van der Waals surface area contributed by atoms with E-state index in [9.17, 15) is 24.3 Å². The number of amides is 4. The van der Waals surface area contributed by atoms with E-state index in [1.807, 2.05) is 94.2 Å². The van der Waals surface area contributed by atoms with Gasteiger partial charge in [0.1, 0.15) is 16.7 Å². The molecular formula is C45H65N7O7S. The van der Waals surface area contributed by atoms with Crippen LogP contribution in [-0.4, -0.2) is 101 Å². The summed E-state index contributed by atoms with van der Waals surface area (Å²) in [5.74, 6) is -2.82. The zero-order valence-electron chi connectivity index (χ0n) is 36.2. The summed E-state index contributed by atoms with van der Waals surface area (Å²) in [4.78, 5) is 75.9. The first-order valence-corrected chi connectivity index (χ1v) is 22.1. The number of rotatable bonds is 21. The Bertz CT molecular complexity index is 1860. The second kappa shape index (κ2) is 23.1. The van der Waals surface area contributed by atoms with Crippen molar-refractivity contribution in [2.75, 3.05) is 32.9 Å². The van der Waals surface area contributed by atoms with Crippen LogP contribution in [0.3, 0.4) is 0 Å². The normalized spacial score (nSPS) is 17.4. The van der Waals surface area contributed by atoms with E-state index in [4.69, 9.17) is 10.5 Å². The monoisotopic (exact) mass is 847 g/mol. The number of nitrogen functional groups attached to an aromatic ring is 1. The Morgan fingerprint density at radius 3 is 2.30 bits per heavy atom. The van der Waals surface area contributed by atoms with Crippen LogP contribution in [-0.2, 0) is 32.0 Å². The molecule has 1 aliphatic rings. The molecule has 1 fully saturated rings. The number of carboxylic acid groups (broad SMARTS) is 1. The maximum absolute atomic E-state index is 15.1. The molecule has 3 aromatic rings. The van der Waals surface area contributed by atoms with Crippen molar-refractivity contribution in [1.29, 1.82) is 0 Å². The van der Waals surface area contributed by atoms with Crippen molar-refractivity contribution in [3.05, 3.63) is 81.8 Å². The van der Waals surface area contributed by atoms with Gasteiger partial charge in [0.2, 0.25) is 11.8 Å². The van der Waals surface area contributed by atoms with Crippen LogP contribution < -0.4 is 21.7 Å². The minimum atomic E-state index is -0.956. The quantitative estimate of drug-likeness (QED) is 0.0785. The number of carbonyl (C=O) groups excluding carboxylic acids is 4. The van der Waals surface area contributed by atoms with E-state index in [0.717, 1.165) is 48.3 Å². The van der Waals surface area contributed by atoms with E-state index in [2.05, 4.69) is 25.8 Å². The third kappa shape index (κ3) is 13.8. The number of carboxylic acids is 1. The fourth-order valence-corrected chi connectivity index (χ4v) is 8.51. The lowest BCUT2D eigenvalue weighted by molar-refractivity contribution is -0.142. The first-order chi connectivity index (χ1) is 28.6. The summed E-state index contributed by atoms with van der Waals surface area (Å²) in [5, 5.41) is 20.3. The van der Waals surface area contributed by atoms with Crippen LogP contribution in [0.25, 0.3) is 0 Å². The molecule has 15 heteroatoms. The fourth-order valence-electron chi connectivity index (χ4n) is 7.68. The van der Waals surface area contributed by atoms with Crippen LogP contribution in [0.5, 0.6) is 0 Å². The first kappa shape index (κ1) is 47.7. The van der Waals surface area contributed by atoms with Gasteiger partial charge in [0, 0.05) is 43.2 Å². The highest BCUT2D eigenvalue weighted by molar-refractivity contribution is 7.09. The van der Waals surface area contributed by atoms with Crippen molar-refractivity contribution in [3.8, 4) is 0 Å². The van der Waals surface area contributed by atoms with Crippen molar-refractivity contribution in [1.82, 2.24) is 30.7 Å². The Balaban J connectivity index is 1.66. The lowest BCUT2D eigenvalue weighted by Crippen LogP contribution is -2.59. The van der Waals surface area contributed by atoms with Gasteiger partial charge in [-0.3, -0.25) is 24.1 Å². The number of benzene rings is 2. The molecule has 0 spiro atoms. The SMILES string of the molecule is CC[C@H](C)[C@H](NC(=O)[C@H]1CCCCN1C)C(=O)N(CCc1ccc(N)cc1)[C@H](C[C@@H](OC(=O)NC)c1nc(C(=O)N[C@@H](Cc2ccccc2)CC(C)C(=O)O)cs1)C(C)C. The van der Waals surface area contributed by atoms with Gasteiger partial charge in [-0.2, -0.15) is 0 Å². The number of anilines is 1. The molecule has 0 radical (unpaired) electrons. The fraction of sp³-hybridized carbons (Fsp3) is 0.556. The Labute approximate surface area is 359 Å². The molecular weight excluding hydrogens is 783 g/mol. The van der Waals surface area contributed by atoms with Gasteiger partial charge in [-0.25, -0.2) is 9.78 Å². The van der Waals surface area contributed by atoms with Gasteiger partial charge >= 0.3 is 12.1 Å². The molecule has 0 bridgehead atoms. The molecule has 14 nitrogen and oxygen atoms in total. The summed E-state index contributed by atoms with van der Waals surface area (Å²) in [5.41, 5.74) is 8.65. The van der Waals surface area contributed by atoms with E-state index in [0.29, 0.717) is 36.5 Å². The zero-order valence-corrected chi connectivity index (χ0v) is 37.0. The van der Waals surface area contributed by atoms with Crippen molar-refractivity contribution in [2.45, 2.75) is 116 Å². The maximum Gasteiger partial charge on any atom is 0.407 e. The van der Waals surface area contributed by atoms with Crippen LogP contribution in [0.2, 0.25) is 0 Å². The molecule has 0 aliphatic carbocycles. The van der Waals surface area contributed by atoms with Gasteiger partial charge in [-0.15, -0.1) is 11.3 Å². The summed E-state index contributed by atoms with van der Waals surface area (Å²) in [7, 11) is 3.40. The lowest BCUT2D eigenvalue weighted by Gasteiger charge is -2.40. The predicted octanol–water partition coefficient (Wildman–Crippen LogP) is 6.08. The number of likely N-dealkylation sites (tertiary alicyclic amines) is 1. The average molecular weight is 848 g/mol. The van der Waals surface area contributed by atoms with E-state index < -0.39 is 48.1 Å². The first-order valence-electron chi connectivity index (χ1n) is 21.2. The number of likely N-dealkylation sites (N-methyl/N-ethyl adjacent to an activating group) is 1. The number of aliphatic carboxylic acids is 1. The molecule has 60 heavy (non-hydrogen) atoms. The summed E-state index contributed by atoms with van der Waals surface area (Å²) >= 11 is 1.16. The molecule has 7 atom stereocenters. The molecule has 1 unspecified atom stereocenters. The molecule has 4 rings (SSSR count). The number of nitrogens with two attached hydrogens (primary N) is 1. The number of thiazole rings is 1. The minimum absolute atomic E-state index is 0.103. The molecule has 6 N–H and O–H groups in total. The second-order valence-corrected chi connectivity index (χ2v) is 17.4. The molecule has 2 heterocycles. The maximum atomic E-state index is 15.1. The van der Waals surface area contributed by atoms with Crippen molar-refractivity contribution < 1.29 is 33.8 Å². The summed E-state index contributed by atoms with van der Waals surface area (Å²) < 4.78 is 5.96. The number of piperidine rings is 1. The zero-order chi connectivity index (χ0) is 43.9. The highest BCUT2D eigenvalue weighted by Crippen LogP contribution is 2.32. The Morgan fingerprint density at radius 1 is 0.983 bits per heavy atom. The smallest absolute Gasteiger partial charge is 0.407 e. The van der Waals surface area contributed by atoms with E-state index in [1.165, 1.54) is 7.05 Å². The van der Waals surface area contributed by atoms with Crippen molar-refractivity contribution in [2.24, 2.45) is 17.8 Å². The molecule has 1 aliphatic heterocycles. The topological polar surface area (TPSA) is 196 Å². The van der Waals surface area contributed by atoms with Gasteiger partial charge in [-0.05, 0) is 80.8 Å². The van der Waals surface area contributed by atoms with Crippen LogP contribution in [0, 0.1) is 17.8 Å². The van der Waals surface area contributed by atoms with Crippen molar-refractivity contribution >= 4 is 46.8 Å². The minimum Gasteiger partial charge on any atom is -0.481 e. The molecule has 4 amide bonds. The Kier molecular flexibility index (Phi) is 18.4. The Hall–Kier alpha value is -5.02. The Morgan fingerprint density at radius 2 is 1.68 bits per heavy atom. The molecule has 2 aromatic carbocycles. The number of nitrogens with one attached hydrogen (secondary N) is 3. The number of carbonyl (C=O) groups is 5. The summed E-state index contributed by atoms with van der Waals surface area (Å²) in [6.45, 7) is 10.7. The van der Waals surface area contributed by atoms with Gasteiger partial charge in [0.05, 0.1) is 12.0 Å². The van der Waals surface area contributed by atoms with Gasteiger partial charge in [0.15, 0.2) is 6.10 Å². The molecule has 328 valence electrons. The predicted molar refractivity (Wildman–Crippen MR) is 234 cm³/mol. The number of hydrogen-bond donors (Lipinski definition) is 5. The summed E-state index contributed by atoms with van der Waals surface area (Å²) in [6, 6.07) is 14.9.